The summed E-state index contributed by atoms with van der Waals surface area (Å²) in [5.74, 6) is -0.243. The van der Waals surface area contributed by atoms with Crippen LogP contribution in [0.5, 0.6) is 5.75 Å². The van der Waals surface area contributed by atoms with Gasteiger partial charge in [-0.05, 0) is 28.7 Å². The van der Waals surface area contributed by atoms with Gasteiger partial charge in [-0.2, -0.15) is 0 Å². The summed E-state index contributed by atoms with van der Waals surface area (Å²) in [6.45, 7) is -0.482. The van der Waals surface area contributed by atoms with E-state index in [0.717, 1.165) is 6.07 Å². The van der Waals surface area contributed by atoms with Crippen LogP contribution in [0.25, 0.3) is 0 Å². The van der Waals surface area contributed by atoms with Gasteiger partial charge in [0.2, 0.25) is 0 Å². The van der Waals surface area contributed by atoms with E-state index in [0.29, 0.717) is 0 Å². The van der Waals surface area contributed by atoms with E-state index in [9.17, 15) is 13.9 Å². The molecule has 6 heteroatoms. The van der Waals surface area contributed by atoms with Crippen molar-refractivity contribution in [1.82, 2.24) is 4.98 Å². The number of nitrogens with zero attached hydrogens (tertiary/aromatic N) is 1. The maximum absolute atomic E-state index is 12.2. The van der Waals surface area contributed by atoms with Gasteiger partial charge in [0, 0.05) is 5.56 Å². The number of aromatic hydroxyl groups is 1. The Balaban J connectivity index is 3.22. The van der Waals surface area contributed by atoms with Crippen molar-refractivity contribution >= 4 is 22.6 Å². The molecule has 0 unspecified atom stereocenters. The minimum Gasteiger partial charge on any atom is -0.505 e. The monoisotopic (exact) mass is 301 g/mol. The third kappa shape index (κ3) is 2.25. The van der Waals surface area contributed by atoms with Gasteiger partial charge in [0.25, 0.3) is 6.43 Å². The molecule has 2 N–H and O–H groups in total. The highest BCUT2D eigenvalue weighted by atomic mass is 127. The van der Waals surface area contributed by atoms with Gasteiger partial charge in [0.15, 0.2) is 5.75 Å². The van der Waals surface area contributed by atoms with Crippen molar-refractivity contribution < 1.29 is 19.0 Å². The third-order valence-corrected chi connectivity index (χ3v) is 2.19. The van der Waals surface area contributed by atoms with Crippen molar-refractivity contribution in [2.75, 3.05) is 0 Å². The van der Waals surface area contributed by atoms with E-state index >= 15 is 0 Å². The minimum absolute atomic E-state index is 0.0645. The van der Waals surface area contributed by atoms with Crippen LogP contribution in [0, 0.1) is 3.70 Å². The van der Waals surface area contributed by atoms with E-state index in [2.05, 4.69) is 4.98 Å². The highest BCUT2D eigenvalue weighted by Gasteiger charge is 2.14. The third-order valence-electron chi connectivity index (χ3n) is 1.44. The molecule has 13 heavy (non-hydrogen) atoms. The number of halogens is 3. The second-order valence-electron chi connectivity index (χ2n) is 2.30. The largest absolute Gasteiger partial charge is 0.505 e. The summed E-state index contributed by atoms with van der Waals surface area (Å²) in [4.78, 5) is 3.46. The molecule has 1 aromatic heterocycles. The average Bonchev–Trinajstić information content (AvgIpc) is 2.09. The Morgan fingerprint density at radius 2 is 2.15 bits per heavy atom. The van der Waals surface area contributed by atoms with Crippen LogP contribution in [0.4, 0.5) is 8.78 Å². The Labute approximate surface area is 86.6 Å². The van der Waals surface area contributed by atoms with E-state index < -0.39 is 18.7 Å². The summed E-state index contributed by atoms with van der Waals surface area (Å²) in [5.41, 5.74) is -0.374. The number of aliphatic hydroxyl groups is 1. The summed E-state index contributed by atoms with van der Waals surface area (Å²) in [6.07, 6.45) is -2.69. The Morgan fingerprint density at radius 1 is 1.54 bits per heavy atom. The zero-order valence-corrected chi connectivity index (χ0v) is 8.49. The van der Waals surface area contributed by atoms with E-state index in [-0.39, 0.29) is 15.0 Å². The molecular weight excluding hydrogens is 295 g/mol. The maximum atomic E-state index is 12.2. The number of hydrogen-bond acceptors (Lipinski definition) is 3. The smallest absolute Gasteiger partial charge is 0.280 e. The molecule has 0 amide bonds. The lowest BCUT2D eigenvalue weighted by Crippen LogP contribution is -1.97. The molecule has 0 bridgehead atoms. The molecule has 0 spiro atoms. The molecule has 72 valence electrons. The molecule has 0 aliphatic heterocycles. The topological polar surface area (TPSA) is 53.4 Å². The van der Waals surface area contributed by atoms with E-state index in [4.69, 9.17) is 5.11 Å². The molecule has 0 radical (unpaired) electrons. The molecule has 0 aliphatic rings. The zero-order valence-electron chi connectivity index (χ0n) is 6.34. The number of rotatable bonds is 2. The standard InChI is InChI=1S/C7H6F2INO2/c8-6(9)4-1-3(2-12)5(13)7(10)11-4/h1,6,12-13H,2H2. The van der Waals surface area contributed by atoms with Crippen LogP contribution in [0.15, 0.2) is 6.07 Å². The second kappa shape index (κ2) is 4.14. The van der Waals surface area contributed by atoms with Crippen molar-refractivity contribution in [3.8, 4) is 5.75 Å². The van der Waals surface area contributed by atoms with E-state index in [1.165, 1.54) is 0 Å². The number of aliphatic hydroxyl groups excluding tert-OH is 1. The molecule has 1 heterocycles. The maximum Gasteiger partial charge on any atom is 0.280 e. The average molecular weight is 301 g/mol. The van der Waals surface area contributed by atoms with Crippen LogP contribution in [0.2, 0.25) is 0 Å². The summed E-state index contributed by atoms with van der Waals surface area (Å²) >= 11 is 1.63. The van der Waals surface area contributed by atoms with Crippen molar-refractivity contribution in [3.05, 3.63) is 21.0 Å². The molecule has 0 saturated carbocycles. The van der Waals surface area contributed by atoms with Gasteiger partial charge in [-0.3, -0.25) is 0 Å². The van der Waals surface area contributed by atoms with Crippen LogP contribution in [-0.2, 0) is 6.61 Å². The van der Waals surface area contributed by atoms with Crippen LogP contribution in [0.1, 0.15) is 17.7 Å². The molecule has 0 saturated heterocycles. The second-order valence-corrected chi connectivity index (χ2v) is 3.33. The molecule has 0 aliphatic carbocycles. The first-order valence-electron chi connectivity index (χ1n) is 3.33. The van der Waals surface area contributed by atoms with E-state index in [1.54, 1.807) is 22.6 Å². The Kier molecular flexibility index (Phi) is 3.37. The first kappa shape index (κ1) is 10.6. The zero-order chi connectivity index (χ0) is 10.0. The summed E-state index contributed by atoms with van der Waals surface area (Å²) in [6, 6.07) is 0.988. The van der Waals surface area contributed by atoms with Gasteiger partial charge in [0.05, 0.1) is 6.61 Å². The fraction of sp³-hybridized carbons (Fsp3) is 0.286. The molecule has 1 rings (SSSR count). The Morgan fingerprint density at radius 3 is 2.62 bits per heavy atom. The summed E-state index contributed by atoms with van der Waals surface area (Å²) in [7, 11) is 0. The van der Waals surface area contributed by atoms with Gasteiger partial charge in [-0.25, -0.2) is 13.8 Å². The van der Waals surface area contributed by atoms with Crippen LogP contribution >= 0.6 is 22.6 Å². The normalized spacial score (nSPS) is 10.8. The predicted octanol–water partition coefficient (Wildman–Crippen LogP) is 1.82. The van der Waals surface area contributed by atoms with Gasteiger partial charge < -0.3 is 10.2 Å². The predicted molar refractivity (Wildman–Crippen MR) is 49.5 cm³/mol. The lowest BCUT2D eigenvalue weighted by Gasteiger charge is -2.05. The molecule has 0 aromatic carbocycles. The van der Waals surface area contributed by atoms with Gasteiger partial charge in [-0.15, -0.1) is 0 Å². The van der Waals surface area contributed by atoms with Crippen molar-refractivity contribution in [2.45, 2.75) is 13.0 Å². The summed E-state index contributed by atoms with van der Waals surface area (Å²) in [5, 5.41) is 17.9. The van der Waals surface area contributed by atoms with Gasteiger partial charge in [0.1, 0.15) is 9.39 Å². The van der Waals surface area contributed by atoms with Crippen LogP contribution < -0.4 is 0 Å². The number of hydrogen-bond donors (Lipinski definition) is 2. The van der Waals surface area contributed by atoms with Gasteiger partial charge >= 0.3 is 0 Å². The quantitative estimate of drug-likeness (QED) is 0.647. The van der Waals surface area contributed by atoms with Crippen molar-refractivity contribution in [3.63, 3.8) is 0 Å². The summed E-state index contributed by atoms with van der Waals surface area (Å²) < 4.78 is 24.4. The minimum atomic E-state index is -2.69. The lowest BCUT2D eigenvalue weighted by atomic mass is 10.2. The first-order valence-corrected chi connectivity index (χ1v) is 4.41. The number of aromatic nitrogens is 1. The first-order chi connectivity index (χ1) is 6.06. The van der Waals surface area contributed by atoms with Crippen LogP contribution in [-0.4, -0.2) is 15.2 Å². The fourth-order valence-corrected chi connectivity index (χ4v) is 1.44. The van der Waals surface area contributed by atoms with Crippen molar-refractivity contribution in [1.29, 1.82) is 0 Å². The lowest BCUT2D eigenvalue weighted by molar-refractivity contribution is 0.145. The van der Waals surface area contributed by atoms with Gasteiger partial charge in [-0.1, -0.05) is 0 Å². The Bertz CT molecular complexity index is 320. The van der Waals surface area contributed by atoms with E-state index in [1.807, 2.05) is 0 Å². The fourth-order valence-electron chi connectivity index (χ4n) is 0.810. The molecular formula is C7H6F2INO2. The number of alkyl halides is 2. The van der Waals surface area contributed by atoms with Crippen molar-refractivity contribution in [2.24, 2.45) is 0 Å². The molecule has 0 atom stereocenters. The highest BCUT2D eigenvalue weighted by molar-refractivity contribution is 14.1. The van der Waals surface area contributed by atoms with Crippen LogP contribution in [0.3, 0.4) is 0 Å². The molecule has 1 aromatic rings. The number of pyridine rings is 1. The highest BCUT2D eigenvalue weighted by Crippen LogP contribution is 2.27. The Hall–Kier alpha value is -0.500. The SMILES string of the molecule is OCc1cc(C(F)F)nc(I)c1O. The molecule has 3 nitrogen and oxygen atoms in total. The molecule has 0 fully saturated rings.